The zero-order valence-corrected chi connectivity index (χ0v) is 14.1. The minimum Gasteiger partial charge on any atom is -0.338 e. The van der Waals surface area contributed by atoms with E-state index in [4.69, 9.17) is 0 Å². The number of nitrogens with zero attached hydrogens (tertiary/aromatic N) is 4. The van der Waals surface area contributed by atoms with Gasteiger partial charge in [0.15, 0.2) is 5.82 Å². The van der Waals surface area contributed by atoms with Gasteiger partial charge in [0, 0.05) is 19.5 Å². The van der Waals surface area contributed by atoms with Crippen LogP contribution in [0.25, 0.3) is 0 Å². The van der Waals surface area contributed by atoms with Crippen LogP contribution < -0.4 is 0 Å². The Kier molecular flexibility index (Phi) is 4.46. The first kappa shape index (κ1) is 15.7. The molecule has 0 N–H and O–H groups in total. The van der Waals surface area contributed by atoms with Crippen molar-refractivity contribution in [2.45, 2.75) is 51.6 Å². The average Bonchev–Trinajstić information content (AvgIpc) is 3.14. The highest BCUT2D eigenvalue weighted by molar-refractivity contribution is 5.77. The number of carbonyl (C=O) groups excluding carboxylic acids is 1. The third-order valence-corrected chi connectivity index (χ3v) is 4.69. The fourth-order valence-corrected chi connectivity index (χ4v) is 3.34. The molecule has 3 rings (SSSR count). The molecule has 122 valence electrons. The summed E-state index contributed by atoms with van der Waals surface area (Å²) in [6.07, 6.45) is 4.45. The Morgan fingerprint density at radius 3 is 2.96 bits per heavy atom. The van der Waals surface area contributed by atoms with Crippen molar-refractivity contribution in [3.8, 4) is 0 Å². The minimum absolute atomic E-state index is 0.171. The molecule has 0 saturated carbocycles. The van der Waals surface area contributed by atoms with Crippen LogP contribution in [0, 0.1) is 0 Å². The van der Waals surface area contributed by atoms with Crippen LogP contribution in [0.5, 0.6) is 0 Å². The second-order valence-corrected chi connectivity index (χ2v) is 6.64. The fourth-order valence-electron chi connectivity index (χ4n) is 3.34. The van der Waals surface area contributed by atoms with E-state index in [-0.39, 0.29) is 5.91 Å². The molecule has 0 bridgehead atoms. The molecule has 1 aliphatic carbocycles. The number of aromatic nitrogens is 3. The Hall–Kier alpha value is -2.17. The smallest absolute Gasteiger partial charge is 0.223 e. The quantitative estimate of drug-likeness (QED) is 0.853. The van der Waals surface area contributed by atoms with Gasteiger partial charge in [-0.05, 0) is 43.7 Å². The average molecular weight is 312 g/mol. The van der Waals surface area contributed by atoms with Crippen LogP contribution in [0.2, 0.25) is 0 Å². The lowest BCUT2D eigenvalue weighted by Crippen LogP contribution is -2.29. The van der Waals surface area contributed by atoms with E-state index in [1.54, 1.807) is 11.2 Å². The second-order valence-electron chi connectivity index (χ2n) is 6.64. The predicted molar refractivity (Wildman–Crippen MR) is 89.0 cm³/mol. The molecule has 0 aliphatic heterocycles. The summed E-state index contributed by atoms with van der Waals surface area (Å²) in [5, 5.41) is 8.11. The summed E-state index contributed by atoms with van der Waals surface area (Å²) in [4.78, 5) is 14.4. The number of benzene rings is 1. The van der Waals surface area contributed by atoms with Gasteiger partial charge in [0.25, 0.3) is 0 Å². The second kappa shape index (κ2) is 6.52. The van der Waals surface area contributed by atoms with Crippen molar-refractivity contribution in [1.82, 2.24) is 19.7 Å². The first-order chi connectivity index (χ1) is 11.1. The lowest BCUT2D eigenvalue weighted by molar-refractivity contribution is -0.131. The van der Waals surface area contributed by atoms with Crippen LogP contribution in [0.4, 0.5) is 0 Å². The van der Waals surface area contributed by atoms with Gasteiger partial charge in [-0.25, -0.2) is 0 Å². The molecule has 2 aromatic rings. The molecule has 1 atom stereocenters. The van der Waals surface area contributed by atoms with Crippen molar-refractivity contribution in [3.63, 3.8) is 0 Å². The van der Waals surface area contributed by atoms with E-state index in [1.165, 1.54) is 11.1 Å². The SMILES string of the molecule is CC(C)n1cnnc1CN(C)C(=O)C[C@@H]1CCc2ccccc21. The molecule has 1 aliphatic rings. The number of hydrogen-bond acceptors (Lipinski definition) is 3. The molecule has 23 heavy (non-hydrogen) atoms. The largest absolute Gasteiger partial charge is 0.338 e. The summed E-state index contributed by atoms with van der Waals surface area (Å²) in [6, 6.07) is 8.78. The van der Waals surface area contributed by atoms with Gasteiger partial charge in [0.2, 0.25) is 5.91 Å². The van der Waals surface area contributed by atoms with Gasteiger partial charge >= 0.3 is 0 Å². The van der Waals surface area contributed by atoms with Gasteiger partial charge in [-0.15, -0.1) is 10.2 Å². The molecule has 1 aromatic carbocycles. The molecule has 1 aromatic heterocycles. The molecule has 0 saturated heterocycles. The van der Waals surface area contributed by atoms with Gasteiger partial charge < -0.3 is 9.47 Å². The van der Waals surface area contributed by atoms with Gasteiger partial charge in [0.05, 0.1) is 6.54 Å². The molecule has 0 fully saturated rings. The van der Waals surface area contributed by atoms with Crippen LogP contribution in [0.3, 0.4) is 0 Å². The number of aryl methyl sites for hydroxylation is 1. The molecule has 1 amide bonds. The highest BCUT2D eigenvalue weighted by Gasteiger charge is 2.26. The number of rotatable bonds is 5. The predicted octanol–water partition coefficient (Wildman–Crippen LogP) is 2.94. The molecule has 1 heterocycles. The topological polar surface area (TPSA) is 51.0 Å². The van der Waals surface area contributed by atoms with Crippen LogP contribution in [0.1, 0.15) is 55.6 Å². The Balaban J connectivity index is 1.64. The fraction of sp³-hybridized carbons (Fsp3) is 0.500. The Labute approximate surface area is 137 Å². The van der Waals surface area contributed by atoms with Crippen molar-refractivity contribution in [1.29, 1.82) is 0 Å². The van der Waals surface area contributed by atoms with E-state index in [9.17, 15) is 4.79 Å². The van der Waals surface area contributed by atoms with Gasteiger partial charge in [-0.3, -0.25) is 4.79 Å². The van der Waals surface area contributed by atoms with Gasteiger partial charge in [-0.2, -0.15) is 0 Å². The summed E-state index contributed by atoms with van der Waals surface area (Å²) in [5.74, 6) is 1.36. The summed E-state index contributed by atoms with van der Waals surface area (Å²) >= 11 is 0. The Morgan fingerprint density at radius 1 is 1.39 bits per heavy atom. The zero-order valence-electron chi connectivity index (χ0n) is 14.1. The third-order valence-electron chi connectivity index (χ3n) is 4.69. The zero-order chi connectivity index (χ0) is 16.4. The highest BCUT2D eigenvalue weighted by atomic mass is 16.2. The van der Waals surface area contributed by atoms with Crippen molar-refractivity contribution < 1.29 is 4.79 Å². The number of amides is 1. The number of hydrogen-bond donors (Lipinski definition) is 0. The first-order valence-electron chi connectivity index (χ1n) is 8.26. The third kappa shape index (κ3) is 3.28. The lowest BCUT2D eigenvalue weighted by Gasteiger charge is -2.20. The molecule has 0 unspecified atom stereocenters. The molecule has 0 radical (unpaired) electrons. The first-order valence-corrected chi connectivity index (χ1v) is 8.26. The maximum atomic E-state index is 12.6. The monoisotopic (exact) mass is 312 g/mol. The maximum absolute atomic E-state index is 12.6. The summed E-state index contributed by atoms with van der Waals surface area (Å²) in [7, 11) is 1.85. The van der Waals surface area contributed by atoms with Crippen molar-refractivity contribution >= 4 is 5.91 Å². The standard InChI is InChI=1S/C18H24N4O/c1-13(2)22-12-19-20-17(22)11-21(3)18(23)10-15-9-8-14-6-4-5-7-16(14)15/h4-7,12-13,15H,8-11H2,1-3H3/t15-/m0/s1. The summed E-state index contributed by atoms with van der Waals surface area (Å²) in [6.45, 7) is 4.68. The normalized spacial score (nSPS) is 16.6. The van der Waals surface area contributed by atoms with Crippen LogP contribution in [0.15, 0.2) is 30.6 Å². The van der Waals surface area contributed by atoms with Gasteiger partial charge in [0.1, 0.15) is 6.33 Å². The molecular weight excluding hydrogens is 288 g/mol. The van der Waals surface area contributed by atoms with Crippen LogP contribution in [-0.2, 0) is 17.8 Å². The van der Waals surface area contributed by atoms with Crippen molar-refractivity contribution in [3.05, 3.63) is 47.5 Å². The van der Waals surface area contributed by atoms with Crippen molar-refractivity contribution in [2.75, 3.05) is 7.05 Å². The van der Waals surface area contributed by atoms with Gasteiger partial charge in [-0.1, -0.05) is 24.3 Å². The number of carbonyl (C=O) groups is 1. The maximum Gasteiger partial charge on any atom is 0.223 e. The highest BCUT2D eigenvalue weighted by Crippen LogP contribution is 2.35. The molecule has 5 nitrogen and oxygen atoms in total. The summed E-state index contributed by atoms with van der Waals surface area (Å²) < 4.78 is 2.01. The van der Waals surface area contributed by atoms with Crippen LogP contribution >= 0.6 is 0 Å². The van der Waals surface area contributed by atoms with E-state index < -0.39 is 0 Å². The minimum atomic E-state index is 0.171. The van der Waals surface area contributed by atoms with Crippen molar-refractivity contribution in [2.24, 2.45) is 0 Å². The summed E-state index contributed by atoms with van der Waals surface area (Å²) in [5.41, 5.74) is 2.74. The van der Waals surface area contributed by atoms with E-state index in [0.717, 1.165) is 18.7 Å². The number of fused-ring (bicyclic) bond motifs is 1. The lowest BCUT2D eigenvalue weighted by atomic mass is 9.97. The molecular formula is C18H24N4O. The van der Waals surface area contributed by atoms with E-state index in [2.05, 4.69) is 48.3 Å². The van der Waals surface area contributed by atoms with Crippen LogP contribution in [-0.4, -0.2) is 32.6 Å². The molecule has 5 heteroatoms. The van der Waals surface area contributed by atoms with E-state index in [1.807, 2.05) is 11.6 Å². The van der Waals surface area contributed by atoms with E-state index >= 15 is 0 Å². The molecule has 0 spiro atoms. The Bertz CT molecular complexity index is 692. The van der Waals surface area contributed by atoms with E-state index in [0.29, 0.717) is 24.9 Å². The Morgan fingerprint density at radius 2 is 2.17 bits per heavy atom.